The second kappa shape index (κ2) is 6.46. The minimum Gasteiger partial charge on any atom is -0.489 e. The van der Waals surface area contributed by atoms with Crippen LogP contribution in [0.4, 0.5) is 0 Å². The van der Waals surface area contributed by atoms with Crippen molar-refractivity contribution in [3.63, 3.8) is 0 Å². The Morgan fingerprint density at radius 2 is 1.79 bits per heavy atom. The van der Waals surface area contributed by atoms with Gasteiger partial charge in [0, 0.05) is 15.2 Å². The second-order valence-corrected chi connectivity index (χ2v) is 8.21. The topological polar surface area (TPSA) is 43.4 Å². The molecule has 0 aromatic heterocycles. The van der Waals surface area contributed by atoms with E-state index in [9.17, 15) is 8.42 Å². The van der Waals surface area contributed by atoms with E-state index in [-0.39, 0.29) is 11.0 Å². The van der Waals surface area contributed by atoms with E-state index in [0.717, 1.165) is 25.7 Å². The van der Waals surface area contributed by atoms with E-state index in [0.29, 0.717) is 10.2 Å². The predicted octanol–water partition coefficient (Wildman–Crippen LogP) is 4.48. The van der Waals surface area contributed by atoms with E-state index in [4.69, 9.17) is 15.4 Å². The zero-order valence-corrected chi connectivity index (χ0v) is 13.6. The molecule has 0 radical (unpaired) electrons. The summed E-state index contributed by atoms with van der Waals surface area (Å²) in [7, 11) is 1.66. The lowest BCUT2D eigenvalue weighted by Gasteiger charge is -2.18. The summed E-state index contributed by atoms with van der Waals surface area (Å²) < 4.78 is 29.7. The molecule has 0 amide bonds. The van der Waals surface area contributed by atoms with Crippen molar-refractivity contribution in [3.05, 3.63) is 22.7 Å². The maximum Gasteiger partial charge on any atom is 0.265 e. The first-order valence-corrected chi connectivity index (χ1v) is 9.48. The lowest BCUT2D eigenvalue weighted by molar-refractivity contribution is 0.179. The van der Waals surface area contributed by atoms with E-state index in [1.807, 2.05) is 0 Å². The van der Waals surface area contributed by atoms with Crippen LogP contribution in [0.5, 0.6) is 5.75 Å². The Kier molecular flexibility index (Phi) is 5.15. The Hall–Kier alpha value is -0.260. The minimum absolute atomic E-state index is 0.0350. The Morgan fingerprint density at radius 3 is 2.37 bits per heavy atom. The molecule has 0 atom stereocenters. The van der Waals surface area contributed by atoms with Gasteiger partial charge in [-0.15, -0.1) is 0 Å². The van der Waals surface area contributed by atoms with Gasteiger partial charge in [0.15, 0.2) is 0 Å². The first-order valence-electron chi connectivity index (χ1n) is 6.38. The van der Waals surface area contributed by atoms with Crippen molar-refractivity contribution in [1.29, 1.82) is 0 Å². The number of benzene rings is 1. The zero-order chi connectivity index (χ0) is 13.9. The Labute approximate surface area is 126 Å². The monoisotopic (exact) mass is 366 g/mol. The van der Waals surface area contributed by atoms with Crippen LogP contribution in [0, 0.1) is 0 Å². The van der Waals surface area contributed by atoms with Crippen molar-refractivity contribution in [2.45, 2.75) is 49.5 Å². The van der Waals surface area contributed by atoms with Crippen LogP contribution in [-0.4, -0.2) is 14.5 Å². The van der Waals surface area contributed by atoms with Crippen LogP contribution in [0.3, 0.4) is 0 Å². The smallest absolute Gasteiger partial charge is 0.265 e. The van der Waals surface area contributed by atoms with E-state index in [2.05, 4.69) is 15.9 Å². The molecule has 0 spiro atoms. The van der Waals surface area contributed by atoms with Crippen molar-refractivity contribution >= 4 is 35.7 Å². The highest BCUT2D eigenvalue weighted by Crippen LogP contribution is 2.32. The molecule has 1 aromatic carbocycles. The molecule has 0 aliphatic heterocycles. The summed E-state index contributed by atoms with van der Waals surface area (Å²) in [4.78, 5) is 0.0350. The number of hydrogen-bond donors (Lipinski definition) is 0. The molecule has 0 bridgehead atoms. The summed E-state index contributed by atoms with van der Waals surface area (Å²) in [6, 6.07) is 4.90. The normalized spacial score (nSPS) is 18.0. The van der Waals surface area contributed by atoms with Gasteiger partial charge in [0.25, 0.3) is 9.05 Å². The first-order chi connectivity index (χ1) is 8.97. The van der Waals surface area contributed by atoms with Crippen molar-refractivity contribution in [2.75, 3.05) is 0 Å². The molecule has 1 fully saturated rings. The van der Waals surface area contributed by atoms with Gasteiger partial charge in [0.1, 0.15) is 10.6 Å². The quantitative estimate of drug-likeness (QED) is 0.584. The van der Waals surface area contributed by atoms with E-state index < -0.39 is 9.05 Å². The fraction of sp³-hybridized carbons (Fsp3) is 0.538. The highest BCUT2D eigenvalue weighted by atomic mass is 79.9. The van der Waals surface area contributed by atoms with Gasteiger partial charge in [-0.3, -0.25) is 0 Å². The SMILES string of the molecule is O=S(=O)(Cl)c1cc(Br)ccc1OC1CCCCCC1. The third kappa shape index (κ3) is 4.36. The fourth-order valence-electron chi connectivity index (χ4n) is 2.31. The van der Waals surface area contributed by atoms with Gasteiger partial charge in [-0.25, -0.2) is 8.42 Å². The molecule has 1 saturated carbocycles. The van der Waals surface area contributed by atoms with E-state index in [1.165, 1.54) is 18.9 Å². The summed E-state index contributed by atoms with van der Waals surface area (Å²) in [5.74, 6) is 0.352. The molecule has 6 heteroatoms. The highest BCUT2D eigenvalue weighted by Gasteiger charge is 2.21. The minimum atomic E-state index is -3.80. The average Bonchev–Trinajstić information content (AvgIpc) is 2.59. The highest BCUT2D eigenvalue weighted by molar-refractivity contribution is 9.10. The van der Waals surface area contributed by atoms with Crippen LogP contribution in [0.2, 0.25) is 0 Å². The van der Waals surface area contributed by atoms with Gasteiger partial charge in [0.2, 0.25) is 0 Å². The summed E-state index contributed by atoms with van der Waals surface area (Å²) in [5.41, 5.74) is 0. The molecule has 1 aliphatic rings. The van der Waals surface area contributed by atoms with Gasteiger partial charge in [0.05, 0.1) is 6.10 Å². The van der Waals surface area contributed by atoms with Gasteiger partial charge < -0.3 is 4.74 Å². The predicted molar refractivity (Wildman–Crippen MR) is 79.3 cm³/mol. The molecule has 1 aliphatic carbocycles. The standard InChI is InChI=1S/C13H16BrClO3S/c14-10-7-8-12(13(9-10)19(15,16)17)18-11-5-3-1-2-4-6-11/h7-9,11H,1-6H2. The van der Waals surface area contributed by atoms with Crippen LogP contribution in [0.25, 0.3) is 0 Å². The number of halogens is 2. The van der Waals surface area contributed by atoms with Gasteiger partial charge in [-0.2, -0.15) is 0 Å². The molecule has 19 heavy (non-hydrogen) atoms. The molecule has 0 N–H and O–H groups in total. The van der Waals surface area contributed by atoms with Crippen molar-refractivity contribution in [3.8, 4) is 5.75 Å². The second-order valence-electron chi connectivity index (χ2n) is 4.76. The lowest BCUT2D eigenvalue weighted by atomic mass is 10.1. The molecule has 3 nitrogen and oxygen atoms in total. The fourth-order valence-corrected chi connectivity index (χ4v) is 3.81. The Bertz CT molecular complexity index is 537. The number of hydrogen-bond acceptors (Lipinski definition) is 3. The number of ether oxygens (including phenoxy) is 1. The maximum absolute atomic E-state index is 11.6. The third-order valence-electron chi connectivity index (χ3n) is 3.26. The van der Waals surface area contributed by atoms with Gasteiger partial charge >= 0.3 is 0 Å². The molecule has 2 rings (SSSR count). The zero-order valence-electron chi connectivity index (χ0n) is 10.4. The van der Waals surface area contributed by atoms with Crippen LogP contribution in [0.1, 0.15) is 38.5 Å². The van der Waals surface area contributed by atoms with Crippen LogP contribution < -0.4 is 4.74 Å². The summed E-state index contributed by atoms with van der Waals surface area (Å²) in [5, 5.41) is 0. The Balaban J connectivity index is 2.24. The molecule has 0 saturated heterocycles. The molecular weight excluding hydrogens is 352 g/mol. The molecule has 0 heterocycles. The Morgan fingerprint density at radius 1 is 1.16 bits per heavy atom. The van der Waals surface area contributed by atoms with Gasteiger partial charge in [-0.05, 0) is 43.9 Å². The molecule has 0 unspecified atom stereocenters. The maximum atomic E-state index is 11.6. The van der Waals surface area contributed by atoms with Crippen molar-refractivity contribution in [1.82, 2.24) is 0 Å². The largest absolute Gasteiger partial charge is 0.489 e. The third-order valence-corrected chi connectivity index (χ3v) is 5.10. The first kappa shape index (κ1) is 15.1. The van der Waals surface area contributed by atoms with Crippen molar-refractivity contribution in [2.24, 2.45) is 0 Å². The summed E-state index contributed by atoms with van der Waals surface area (Å²) in [6.07, 6.45) is 6.73. The van der Waals surface area contributed by atoms with Crippen LogP contribution in [-0.2, 0) is 9.05 Å². The van der Waals surface area contributed by atoms with E-state index in [1.54, 1.807) is 12.1 Å². The van der Waals surface area contributed by atoms with Gasteiger partial charge in [-0.1, -0.05) is 28.8 Å². The van der Waals surface area contributed by atoms with Crippen molar-refractivity contribution < 1.29 is 13.2 Å². The molecule has 1 aromatic rings. The summed E-state index contributed by atoms with van der Waals surface area (Å²) >= 11 is 3.25. The van der Waals surface area contributed by atoms with E-state index >= 15 is 0 Å². The molecular formula is C13H16BrClO3S. The number of rotatable bonds is 3. The average molecular weight is 368 g/mol. The summed E-state index contributed by atoms with van der Waals surface area (Å²) in [6.45, 7) is 0. The molecule has 106 valence electrons. The van der Waals surface area contributed by atoms with Crippen LogP contribution >= 0.6 is 26.6 Å². The lowest BCUT2D eigenvalue weighted by Crippen LogP contribution is -2.16. The van der Waals surface area contributed by atoms with Crippen LogP contribution in [0.15, 0.2) is 27.6 Å².